The van der Waals surface area contributed by atoms with Gasteiger partial charge in [0, 0.05) is 24.5 Å². The van der Waals surface area contributed by atoms with Crippen LogP contribution >= 0.6 is 0 Å². The fraction of sp³-hybridized carbons (Fsp3) is 0.769. The molecule has 1 aromatic heterocycles. The fourth-order valence-corrected chi connectivity index (χ4v) is 3.42. The molecule has 0 amide bonds. The molecular formula is C13H22N4. The molecule has 3 N–H and O–H groups in total. The third kappa shape index (κ3) is 2.53. The van der Waals surface area contributed by atoms with Gasteiger partial charge in [-0.15, -0.1) is 0 Å². The molecule has 4 nitrogen and oxygen atoms in total. The quantitative estimate of drug-likeness (QED) is 0.738. The van der Waals surface area contributed by atoms with Gasteiger partial charge in [0.05, 0.1) is 6.54 Å². The molecule has 0 bridgehead atoms. The minimum absolute atomic E-state index is 0.677. The summed E-state index contributed by atoms with van der Waals surface area (Å²) in [4.78, 5) is 7.42. The van der Waals surface area contributed by atoms with Crippen LogP contribution in [0.1, 0.15) is 37.9 Å². The van der Waals surface area contributed by atoms with Crippen LogP contribution in [-0.4, -0.2) is 28.6 Å². The molecule has 3 rings (SSSR count). The third-order valence-electron chi connectivity index (χ3n) is 4.27. The van der Waals surface area contributed by atoms with Gasteiger partial charge in [-0.25, -0.2) is 4.98 Å². The second kappa shape index (κ2) is 5.19. The minimum Gasteiger partial charge on any atom is -0.348 e. The molecule has 2 heterocycles. The fourth-order valence-electron chi connectivity index (χ4n) is 3.42. The van der Waals surface area contributed by atoms with Crippen molar-refractivity contribution in [3.8, 4) is 0 Å². The largest absolute Gasteiger partial charge is 0.348 e. The van der Waals surface area contributed by atoms with Crippen molar-refractivity contribution in [1.29, 1.82) is 0 Å². The number of hydrogen-bond acceptors (Lipinski definition) is 3. The molecule has 1 aromatic rings. The summed E-state index contributed by atoms with van der Waals surface area (Å²) in [7, 11) is 0. The zero-order chi connectivity index (χ0) is 11.5. The van der Waals surface area contributed by atoms with Crippen LogP contribution in [0, 0.1) is 5.92 Å². The number of hydrogen-bond donors (Lipinski definition) is 3. The topological polar surface area (TPSA) is 52.7 Å². The standard InChI is InChI=1S/C13H22N4/c1-3-10(11-5-2-6-14-11)12(4-1)17-9-13-15-7-8-16-13/h7-8,10-12,14,17H,1-6,9H2,(H,15,16). The van der Waals surface area contributed by atoms with E-state index in [1.807, 2.05) is 12.4 Å². The van der Waals surface area contributed by atoms with Crippen molar-refractivity contribution in [2.45, 2.75) is 50.7 Å². The lowest BCUT2D eigenvalue weighted by molar-refractivity contribution is 0.318. The summed E-state index contributed by atoms with van der Waals surface area (Å²) in [5.41, 5.74) is 0. The normalized spacial score (nSPS) is 33.3. The van der Waals surface area contributed by atoms with Crippen LogP contribution in [0.2, 0.25) is 0 Å². The Kier molecular flexibility index (Phi) is 3.43. The molecule has 3 atom stereocenters. The number of imidazole rings is 1. The number of rotatable bonds is 4. The second-order valence-corrected chi connectivity index (χ2v) is 5.32. The molecule has 1 aliphatic heterocycles. The van der Waals surface area contributed by atoms with Gasteiger partial charge < -0.3 is 15.6 Å². The third-order valence-corrected chi connectivity index (χ3v) is 4.27. The van der Waals surface area contributed by atoms with Crippen LogP contribution in [0.25, 0.3) is 0 Å². The molecular weight excluding hydrogens is 212 g/mol. The van der Waals surface area contributed by atoms with E-state index in [0.29, 0.717) is 6.04 Å². The average molecular weight is 234 g/mol. The van der Waals surface area contributed by atoms with E-state index in [9.17, 15) is 0 Å². The van der Waals surface area contributed by atoms with Gasteiger partial charge in [-0.1, -0.05) is 6.42 Å². The van der Waals surface area contributed by atoms with E-state index in [-0.39, 0.29) is 0 Å². The van der Waals surface area contributed by atoms with Gasteiger partial charge >= 0.3 is 0 Å². The Bertz CT molecular complexity index is 329. The minimum atomic E-state index is 0.677. The monoisotopic (exact) mass is 234 g/mol. The van der Waals surface area contributed by atoms with E-state index in [2.05, 4.69) is 20.6 Å². The van der Waals surface area contributed by atoms with E-state index in [0.717, 1.165) is 24.3 Å². The summed E-state index contributed by atoms with van der Waals surface area (Å²) in [6, 6.07) is 1.43. The highest BCUT2D eigenvalue weighted by Gasteiger charge is 2.34. The zero-order valence-corrected chi connectivity index (χ0v) is 10.3. The van der Waals surface area contributed by atoms with Gasteiger partial charge in [-0.3, -0.25) is 0 Å². The summed E-state index contributed by atoms with van der Waals surface area (Å²) in [6.45, 7) is 2.09. The van der Waals surface area contributed by atoms with Crippen molar-refractivity contribution in [3.63, 3.8) is 0 Å². The Hall–Kier alpha value is -0.870. The maximum atomic E-state index is 4.27. The van der Waals surface area contributed by atoms with Gasteiger partial charge in [-0.05, 0) is 38.1 Å². The molecule has 0 spiro atoms. The van der Waals surface area contributed by atoms with Gasteiger partial charge in [-0.2, -0.15) is 0 Å². The second-order valence-electron chi connectivity index (χ2n) is 5.32. The van der Waals surface area contributed by atoms with Gasteiger partial charge in [0.15, 0.2) is 0 Å². The lowest BCUT2D eigenvalue weighted by Gasteiger charge is -2.26. The van der Waals surface area contributed by atoms with E-state index in [1.165, 1.54) is 38.6 Å². The molecule has 2 fully saturated rings. The van der Waals surface area contributed by atoms with Gasteiger partial charge in [0.2, 0.25) is 0 Å². The van der Waals surface area contributed by atoms with E-state index in [4.69, 9.17) is 0 Å². The summed E-state index contributed by atoms with van der Waals surface area (Å²) >= 11 is 0. The van der Waals surface area contributed by atoms with Crippen LogP contribution in [0.3, 0.4) is 0 Å². The maximum Gasteiger partial charge on any atom is 0.120 e. The Morgan fingerprint density at radius 1 is 1.29 bits per heavy atom. The van der Waals surface area contributed by atoms with E-state index < -0.39 is 0 Å². The van der Waals surface area contributed by atoms with Gasteiger partial charge in [0.25, 0.3) is 0 Å². The van der Waals surface area contributed by atoms with E-state index >= 15 is 0 Å². The Morgan fingerprint density at radius 2 is 2.29 bits per heavy atom. The highest BCUT2D eigenvalue weighted by molar-refractivity contribution is 4.95. The Balaban J connectivity index is 1.54. The zero-order valence-electron chi connectivity index (χ0n) is 10.3. The smallest absolute Gasteiger partial charge is 0.120 e. The first-order valence-corrected chi connectivity index (χ1v) is 6.88. The molecule has 3 unspecified atom stereocenters. The maximum absolute atomic E-state index is 4.27. The Morgan fingerprint density at radius 3 is 3.06 bits per heavy atom. The van der Waals surface area contributed by atoms with Gasteiger partial charge in [0.1, 0.15) is 5.82 Å². The molecule has 1 aliphatic carbocycles. The highest BCUT2D eigenvalue weighted by atomic mass is 15.0. The molecule has 94 valence electrons. The van der Waals surface area contributed by atoms with Crippen LogP contribution in [-0.2, 0) is 6.54 Å². The molecule has 0 aromatic carbocycles. The molecule has 2 aliphatic rings. The molecule has 17 heavy (non-hydrogen) atoms. The lowest BCUT2D eigenvalue weighted by atomic mass is 9.93. The van der Waals surface area contributed by atoms with Crippen molar-refractivity contribution in [3.05, 3.63) is 18.2 Å². The first-order valence-electron chi connectivity index (χ1n) is 6.88. The molecule has 0 radical (unpaired) electrons. The first kappa shape index (κ1) is 11.2. The van der Waals surface area contributed by atoms with Crippen molar-refractivity contribution < 1.29 is 0 Å². The summed E-state index contributed by atoms with van der Waals surface area (Å²) in [5, 5.41) is 7.34. The number of H-pyrrole nitrogens is 1. The molecule has 1 saturated heterocycles. The number of nitrogens with one attached hydrogen (secondary N) is 3. The van der Waals surface area contributed by atoms with E-state index in [1.54, 1.807) is 0 Å². The van der Waals surface area contributed by atoms with Crippen molar-refractivity contribution in [1.82, 2.24) is 20.6 Å². The Labute approximate surface area is 103 Å². The van der Waals surface area contributed by atoms with Crippen molar-refractivity contribution in [2.24, 2.45) is 5.92 Å². The van der Waals surface area contributed by atoms with Crippen LogP contribution in [0.15, 0.2) is 12.4 Å². The molecule has 1 saturated carbocycles. The van der Waals surface area contributed by atoms with Crippen LogP contribution in [0.5, 0.6) is 0 Å². The lowest BCUT2D eigenvalue weighted by Crippen LogP contribution is -2.41. The van der Waals surface area contributed by atoms with Crippen molar-refractivity contribution >= 4 is 0 Å². The summed E-state index contributed by atoms with van der Waals surface area (Å²) < 4.78 is 0. The number of aromatic nitrogens is 2. The predicted octanol–water partition coefficient (Wildman–Crippen LogP) is 1.42. The summed E-state index contributed by atoms with van der Waals surface area (Å²) in [5.74, 6) is 1.88. The molecule has 4 heteroatoms. The van der Waals surface area contributed by atoms with Crippen LogP contribution in [0.4, 0.5) is 0 Å². The SMILES string of the molecule is c1c[nH]c(CNC2CCCC2C2CCCN2)n1. The summed E-state index contributed by atoms with van der Waals surface area (Å²) in [6.07, 6.45) is 10.5. The van der Waals surface area contributed by atoms with Crippen molar-refractivity contribution in [2.75, 3.05) is 6.54 Å². The highest BCUT2D eigenvalue weighted by Crippen LogP contribution is 2.31. The van der Waals surface area contributed by atoms with Crippen LogP contribution < -0.4 is 10.6 Å². The average Bonchev–Trinajstić information content (AvgIpc) is 3.09. The number of aromatic amines is 1. The predicted molar refractivity (Wildman–Crippen MR) is 67.6 cm³/mol. The first-order chi connectivity index (χ1) is 8.43. The number of nitrogens with zero attached hydrogens (tertiary/aromatic N) is 1.